The van der Waals surface area contributed by atoms with Crippen LogP contribution in [0.3, 0.4) is 0 Å². The van der Waals surface area contributed by atoms with E-state index in [1.165, 1.54) is 5.56 Å². The first-order valence-electron chi connectivity index (χ1n) is 8.16. The molecule has 2 aliphatic rings. The monoisotopic (exact) mass is 307 g/mol. The van der Waals surface area contributed by atoms with Crippen LogP contribution in [0.25, 0.3) is 0 Å². The Kier molecular flexibility index (Phi) is 4.49. The first-order chi connectivity index (χ1) is 10.6. The summed E-state index contributed by atoms with van der Waals surface area (Å²) < 4.78 is 11.4. The average Bonchev–Trinajstić information content (AvgIpc) is 3.09. The van der Waals surface area contributed by atoms with Crippen molar-refractivity contribution in [1.29, 1.82) is 0 Å². The fourth-order valence-corrected chi connectivity index (χ4v) is 3.50. The highest BCUT2D eigenvalue weighted by atomic mass is 16.7. The van der Waals surface area contributed by atoms with E-state index in [1.54, 1.807) is 0 Å². The van der Waals surface area contributed by atoms with Gasteiger partial charge in [-0.3, -0.25) is 9.89 Å². The topological polar surface area (TPSA) is 76.2 Å². The van der Waals surface area contributed by atoms with Gasteiger partial charge in [0.2, 0.25) is 5.91 Å². The molecule has 2 N–H and O–H groups in total. The van der Waals surface area contributed by atoms with Crippen molar-refractivity contribution in [2.45, 2.75) is 51.7 Å². The summed E-state index contributed by atoms with van der Waals surface area (Å²) in [6.45, 7) is 6.03. The molecule has 2 heterocycles. The van der Waals surface area contributed by atoms with E-state index in [0.717, 1.165) is 43.5 Å². The van der Waals surface area contributed by atoms with E-state index in [2.05, 4.69) is 15.5 Å². The smallest absolute Gasteiger partial charge is 0.223 e. The molecule has 1 aromatic heterocycles. The van der Waals surface area contributed by atoms with Crippen molar-refractivity contribution in [2.75, 3.05) is 19.8 Å². The first-order valence-corrected chi connectivity index (χ1v) is 8.16. The standard InChI is InChI=1S/C16H25N3O3/c1-11-14(12(2)19-18-11)5-8-17-15(20)13-3-6-16(7-4-13)21-9-10-22-16/h13H,3-10H2,1-2H3,(H,17,20)(H,18,19). The molecule has 3 rings (SSSR count). The lowest BCUT2D eigenvalue weighted by atomic mass is 9.84. The molecule has 1 aromatic rings. The van der Waals surface area contributed by atoms with Gasteiger partial charge in [-0.05, 0) is 38.7 Å². The predicted octanol–water partition coefficient (Wildman–Crippen LogP) is 1.62. The molecule has 0 aromatic carbocycles. The van der Waals surface area contributed by atoms with E-state index in [-0.39, 0.29) is 17.6 Å². The van der Waals surface area contributed by atoms with Crippen LogP contribution in [-0.4, -0.2) is 41.7 Å². The van der Waals surface area contributed by atoms with E-state index in [1.807, 2.05) is 13.8 Å². The van der Waals surface area contributed by atoms with Crippen molar-refractivity contribution in [3.63, 3.8) is 0 Å². The van der Waals surface area contributed by atoms with Gasteiger partial charge in [0.15, 0.2) is 5.79 Å². The van der Waals surface area contributed by atoms with Crippen LogP contribution in [-0.2, 0) is 20.7 Å². The minimum atomic E-state index is -0.387. The van der Waals surface area contributed by atoms with Crippen molar-refractivity contribution in [2.24, 2.45) is 5.92 Å². The zero-order chi connectivity index (χ0) is 15.6. The van der Waals surface area contributed by atoms with Gasteiger partial charge in [0.25, 0.3) is 0 Å². The van der Waals surface area contributed by atoms with E-state index in [9.17, 15) is 4.79 Å². The molecule has 122 valence electrons. The Labute approximate surface area is 130 Å². The molecule has 0 radical (unpaired) electrons. The highest BCUT2D eigenvalue weighted by Crippen LogP contribution is 2.38. The summed E-state index contributed by atoms with van der Waals surface area (Å²) in [6.07, 6.45) is 4.16. The van der Waals surface area contributed by atoms with Gasteiger partial charge in [0.1, 0.15) is 0 Å². The second kappa shape index (κ2) is 6.38. The van der Waals surface area contributed by atoms with Gasteiger partial charge < -0.3 is 14.8 Å². The highest BCUT2D eigenvalue weighted by molar-refractivity contribution is 5.78. The summed E-state index contributed by atoms with van der Waals surface area (Å²) in [6, 6.07) is 0. The lowest BCUT2D eigenvalue weighted by Crippen LogP contribution is -2.40. The van der Waals surface area contributed by atoms with Gasteiger partial charge >= 0.3 is 0 Å². The van der Waals surface area contributed by atoms with Crippen molar-refractivity contribution < 1.29 is 14.3 Å². The van der Waals surface area contributed by atoms with Gasteiger partial charge in [-0.1, -0.05) is 0 Å². The van der Waals surface area contributed by atoms with Crippen molar-refractivity contribution in [3.05, 3.63) is 17.0 Å². The Bertz CT molecular complexity index is 505. The summed E-state index contributed by atoms with van der Waals surface area (Å²) >= 11 is 0. The van der Waals surface area contributed by atoms with E-state index in [4.69, 9.17) is 9.47 Å². The Hall–Kier alpha value is -1.40. The fraction of sp³-hybridized carbons (Fsp3) is 0.750. The quantitative estimate of drug-likeness (QED) is 0.886. The molecule has 2 fully saturated rings. The van der Waals surface area contributed by atoms with Crippen LogP contribution in [0.4, 0.5) is 0 Å². The second-order valence-corrected chi connectivity index (χ2v) is 6.34. The minimum Gasteiger partial charge on any atom is -0.356 e. The normalized spacial score (nSPS) is 21.4. The maximum absolute atomic E-state index is 12.3. The molecule has 1 aliphatic carbocycles. The number of aromatic amines is 1. The Morgan fingerprint density at radius 2 is 2.00 bits per heavy atom. The lowest BCUT2D eigenvalue weighted by molar-refractivity contribution is -0.183. The van der Waals surface area contributed by atoms with E-state index in [0.29, 0.717) is 19.8 Å². The van der Waals surface area contributed by atoms with Crippen molar-refractivity contribution >= 4 is 5.91 Å². The lowest BCUT2D eigenvalue weighted by Gasteiger charge is -2.34. The molecule has 0 unspecified atom stereocenters. The predicted molar refractivity (Wildman–Crippen MR) is 81.4 cm³/mol. The number of carbonyl (C=O) groups is 1. The minimum absolute atomic E-state index is 0.0879. The number of aryl methyl sites for hydroxylation is 2. The Balaban J connectivity index is 1.43. The number of aromatic nitrogens is 2. The summed E-state index contributed by atoms with van der Waals surface area (Å²) in [5, 5.41) is 10.2. The Morgan fingerprint density at radius 1 is 1.32 bits per heavy atom. The summed E-state index contributed by atoms with van der Waals surface area (Å²) in [5.74, 6) is -0.140. The second-order valence-electron chi connectivity index (χ2n) is 6.34. The van der Waals surface area contributed by atoms with Gasteiger partial charge in [-0.25, -0.2) is 0 Å². The third-order valence-corrected chi connectivity index (χ3v) is 4.89. The van der Waals surface area contributed by atoms with Crippen molar-refractivity contribution in [3.8, 4) is 0 Å². The summed E-state index contributed by atoms with van der Waals surface area (Å²) in [7, 11) is 0. The molecule has 1 saturated carbocycles. The first kappa shape index (κ1) is 15.5. The van der Waals surface area contributed by atoms with Gasteiger partial charge in [0.05, 0.1) is 18.9 Å². The van der Waals surface area contributed by atoms with Crippen LogP contribution < -0.4 is 5.32 Å². The molecular formula is C16H25N3O3. The fourth-order valence-electron chi connectivity index (χ4n) is 3.50. The third kappa shape index (κ3) is 3.17. The van der Waals surface area contributed by atoms with E-state index < -0.39 is 0 Å². The number of nitrogens with one attached hydrogen (secondary N) is 2. The van der Waals surface area contributed by atoms with Gasteiger partial charge in [-0.2, -0.15) is 5.10 Å². The van der Waals surface area contributed by atoms with Gasteiger partial charge in [-0.15, -0.1) is 0 Å². The molecule has 1 saturated heterocycles. The van der Waals surface area contributed by atoms with Crippen molar-refractivity contribution in [1.82, 2.24) is 15.5 Å². The summed E-state index contributed by atoms with van der Waals surface area (Å²) in [4.78, 5) is 12.3. The average molecular weight is 307 g/mol. The van der Waals surface area contributed by atoms with Crippen LogP contribution in [0, 0.1) is 19.8 Å². The molecule has 0 atom stereocenters. The maximum atomic E-state index is 12.3. The SMILES string of the molecule is Cc1n[nH]c(C)c1CCNC(=O)C1CCC2(CC1)OCCO2. The summed E-state index contributed by atoms with van der Waals surface area (Å²) in [5.41, 5.74) is 3.31. The maximum Gasteiger partial charge on any atom is 0.223 e. The number of rotatable bonds is 4. The van der Waals surface area contributed by atoms with Crippen LogP contribution in [0.5, 0.6) is 0 Å². The molecule has 1 aliphatic heterocycles. The molecule has 6 heteroatoms. The molecule has 0 bridgehead atoms. The number of hydrogen-bond donors (Lipinski definition) is 2. The number of carbonyl (C=O) groups excluding carboxylic acids is 1. The van der Waals surface area contributed by atoms with Crippen LogP contribution in [0.2, 0.25) is 0 Å². The largest absolute Gasteiger partial charge is 0.356 e. The number of amides is 1. The van der Waals surface area contributed by atoms with Crippen LogP contribution >= 0.6 is 0 Å². The zero-order valence-corrected chi connectivity index (χ0v) is 13.4. The molecule has 6 nitrogen and oxygen atoms in total. The number of hydrogen-bond acceptors (Lipinski definition) is 4. The zero-order valence-electron chi connectivity index (χ0n) is 13.4. The Morgan fingerprint density at radius 3 is 2.59 bits per heavy atom. The molecule has 22 heavy (non-hydrogen) atoms. The third-order valence-electron chi connectivity index (χ3n) is 4.89. The van der Waals surface area contributed by atoms with E-state index >= 15 is 0 Å². The molecular weight excluding hydrogens is 282 g/mol. The number of ether oxygens (including phenoxy) is 2. The molecule has 1 spiro atoms. The highest BCUT2D eigenvalue weighted by Gasteiger charge is 2.41. The number of H-pyrrole nitrogens is 1. The van der Waals surface area contributed by atoms with Gasteiger partial charge in [0, 0.05) is 31.0 Å². The van der Waals surface area contributed by atoms with Crippen LogP contribution in [0.15, 0.2) is 0 Å². The number of nitrogens with zero attached hydrogens (tertiary/aromatic N) is 1. The molecule has 1 amide bonds. The van der Waals surface area contributed by atoms with Crippen LogP contribution in [0.1, 0.15) is 42.6 Å².